The van der Waals surface area contributed by atoms with Crippen molar-refractivity contribution in [1.82, 2.24) is 0 Å². The van der Waals surface area contributed by atoms with E-state index in [0.29, 0.717) is 0 Å². The molecule has 0 bridgehead atoms. The zero-order valence-electron chi connectivity index (χ0n) is 7.01. The molecular formula is C11H10B. The van der Waals surface area contributed by atoms with Crippen LogP contribution in [0.3, 0.4) is 0 Å². The maximum absolute atomic E-state index is 3.15. The van der Waals surface area contributed by atoms with Crippen molar-refractivity contribution in [1.29, 1.82) is 0 Å². The maximum atomic E-state index is 3.15. The van der Waals surface area contributed by atoms with E-state index in [1.165, 1.54) is 11.0 Å². The summed E-state index contributed by atoms with van der Waals surface area (Å²) in [6, 6.07) is 8.55. The molecule has 1 aromatic carbocycles. The Labute approximate surface area is 74.2 Å². The molecule has 0 nitrogen and oxygen atoms in total. The first-order chi connectivity index (χ1) is 5.97. The molecule has 0 amide bonds. The maximum Gasteiger partial charge on any atom is 0.166 e. The third kappa shape index (κ3) is 1.53. The van der Waals surface area contributed by atoms with Gasteiger partial charge < -0.3 is 0 Å². The molecule has 0 atom stereocenters. The van der Waals surface area contributed by atoms with Gasteiger partial charge in [-0.2, -0.15) is 0 Å². The molecule has 0 aliphatic carbocycles. The summed E-state index contributed by atoms with van der Waals surface area (Å²) in [5.41, 5.74) is 2.80. The molecule has 0 aromatic heterocycles. The molecule has 12 heavy (non-hydrogen) atoms. The van der Waals surface area contributed by atoms with Gasteiger partial charge in [-0.05, 0) is 12.7 Å². The molecular weight excluding hydrogens is 143 g/mol. The van der Waals surface area contributed by atoms with Crippen LogP contribution in [0.2, 0.25) is 6.32 Å². The molecule has 1 radical (unpaired) electrons. The van der Waals surface area contributed by atoms with Gasteiger partial charge in [0.25, 0.3) is 0 Å². The number of hydrogen-bond donors (Lipinski definition) is 0. The molecule has 0 N–H and O–H groups in total. The van der Waals surface area contributed by atoms with E-state index in [2.05, 4.69) is 43.4 Å². The monoisotopic (exact) mass is 153 g/mol. The predicted molar refractivity (Wildman–Crippen MR) is 52.7 cm³/mol. The third-order valence-electron chi connectivity index (χ3n) is 2.12. The average Bonchev–Trinajstić information content (AvgIpc) is 2.06. The van der Waals surface area contributed by atoms with Crippen LogP contribution < -0.4 is 5.46 Å². The van der Waals surface area contributed by atoms with Gasteiger partial charge in [-0.3, -0.25) is 0 Å². The summed E-state index contributed by atoms with van der Waals surface area (Å²) in [7, 11) is 2.21. The molecule has 1 heteroatoms. The van der Waals surface area contributed by atoms with Crippen molar-refractivity contribution >= 4 is 12.7 Å². The van der Waals surface area contributed by atoms with E-state index in [-0.39, 0.29) is 0 Å². The van der Waals surface area contributed by atoms with Crippen LogP contribution in [0.25, 0.3) is 0 Å². The molecule has 2 rings (SSSR count). The first-order valence-electron chi connectivity index (χ1n) is 4.33. The van der Waals surface area contributed by atoms with Crippen LogP contribution in [0.15, 0.2) is 24.3 Å². The van der Waals surface area contributed by atoms with E-state index < -0.39 is 0 Å². The standard InChI is InChI=1S/C11H10B/c1-2-6-10-7-3-4-8-11(10)12-9-5-1/h3-4,7-8H,2,6,9H2. The lowest BCUT2D eigenvalue weighted by atomic mass is 9.64. The summed E-state index contributed by atoms with van der Waals surface area (Å²) in [5, 5.41) is 0. The van der Waals surface area contributed by atoms with Gasteiger partial charge >= 0.3 is 0 Å². The first kappa shape index (κ1) is 7.49. The Hall–Kier alpha value is -1.16. The Kier molecular flexibility index (Phi) is 2.18. The van der Waals surface area contributed by atoms with Crippen LogP contribution in [-0.2, 0) is 6.42 Å². The number of fused-ring (bicyclic) bond motifs is 1. The van der Waals surface area contributed by atoms with Crippen molar-refractivity contribution in [2.24, 2.45) is 0 Å². The first-order valence-corrected chi connectivity index (χ1v) is 4.33. The fourth-order valence-corrected chi connectivity index (χ4v) is 1.48. The number of rotatable bonds is 0. The number of benzene rings is 1. The summed E-state index contributed by atoms with van der Waals surface area (Å²) < 4.78 is 0. The SMILES string of the molecule is [B]1CC#CCCc2ccccc21. The molecule has 0 saturated carbocycles. The van der Waals surface area contributed by atoms with Gasteiger partial charge in [-0.15, -0.1) is 11.8 Å². The fourth-order valence-electron chi connectivity index (χ4n) is 1.48. The lowest BCUT2D eigenvalue weighted by Gasteiger charge is -2.07. The number of hydrogen-bond acceptors (Lipinski definition) is 0. The van der Waals surface area contributed by atoms with Crippen LogP contribution in [0.1, 0.15) is 12.0 Å². The molecule has 0 spiro atoms. The molecule has 1 aliphatic rings. The topological polar surface area (TPSA) is 0 Å². The minimum atomic E-state index is 0.900. The fraction of sp³-hybridized carbons (Fsp3) is 0.273. The van der Waals surface area contributed by atoms with E-state index in [1.54, 1.807) is 0 Å². The molecule has 1 heterocycles. The second-order valence-corrected chi connectivity index (χ2v) is 2.96. The van der Waals surface area contributed by atoms with Crippen LogP contribution >= 0.6 is 0 Å². The van der Waals surface area contributed by atoms with Gasteiger partial charge in [0.05, 0.1) is 0 Å². The summed E-state index contributed by atoms with van der Waals surface area (Å²) >= 11 is 0. The normalized spacial score (nSPS) is 14.3. The molecule has 1 aliphatic heterocycles. The third-order valence-corrected chi connectivity index (χ3v) is 2.12. The zero-order chi connectivity index (χ0) is 8.23. The highest BCUT2D eigenvalue weighted by molar-refractivity contribution is 6.54. The zero-order valence-corrected chi connectivity index (χ0v) is 7.01. The van der Waals surface area contributed by atoms with Gasteiger partial charge in [0, 0.05) is 6.42 Å². The van der Waals surface area contributed by atoms with E-state index >= 15 is 0 Å². The van der Waals surface area contributed by atoms with Crippen LogP contribution in [0, 0.1) is 11.8 Å². The lowest BCUT2D eigenvalue weighted by Crippen LogP contribution is -2.19. The molecule has 57 valence electrons. The van der Waals surface area contributed by atoms with Crippen molar-refractivity contribution in [2.75, 3.05) is 0 Å². The number of aryl methyl sites for hydroxylation is 1. The van der Waals surface area contributed by atoms with Crippen LogP contribution in [-0.4, -0.2) is 7.28 Å². The highest BCUT2D eigenvalue weighted by Gasteiger charge is 2.02. The van der Waals surface area contributed by atoms with Gasteiger partial charge in [0.2, 0.25) is 0 Å². The predicted octanol–water partition coefficient (Wildman–Crippen LogP) is 1.38. The Morgan fingerprint density at radius 2 is 2.08 bits per heavy atom. The smallest absolute Gasteiger partial charge is 0.112 e. The summed E-state index contributed by atoms with van der Waals surface area (Å²) in [6.45, 7) is 0. The minimum absolute atomic E-state index is 0.900. The largest absolute Gasteiger partial charge is 0.166 e. The Bertz CT molecular complexity index is 299. The Morgan fingerprint density at radius 1 is 1.17 bits per heavy atom. The highest BCUT2D eigenvalue weighted by Crippen LogP contribution is 2.02. The van der Waals surface area contributed by atoms with E-state index in [9.17, 15) is 0 Å². The average molecular weight is 153 g/mol. The lowest BCUT2D eigenvalue weighted by molar-refractivity contribution is 1.03. The van der Waals surface area contributed by atoms with Gasteiger partial charge in [-0.1, -0.05) is 35.3 Å². The van der Waals surface area contributed by atoms with Gasteiger partial charge in [0.15, 0.2) is 7.28 Å². The van der Waals surface area contributed by atoms with E-state index in [0.717, 1.165) is 19.2 Å². The molecule has 0 unspecified atom stereocenters. The van der Waals surface area contributed by atoms with E-state index in [4.69, 9.17) is 0 Å². The quantitative estimate of drug-likeness (QED) is 0.390. The minimum Gasteiger partial charge on any atom is -0.112 e. The Balaban J connectivity index is 2.32. The molecule has 1 aromatic rings. The molecule has 0 saturated heterocycles. The van der Waals surface area contributed by atoms with Gasteiger partial charge in [0.1, 0.15) is 0 Å². The highest BCUT2D eigenvalue weighted by atomic mass is 14.0. The second-order valence-electron chi connectivity index (χ2n) is 2.96. The van der Waals surface area contributed by atoms with E-state index in [1.807, 2.05) is 0 Å². The summed E-state index contributed by atoms with van der Waals surface area (Å²) in [4.78, 5) is 0. The Morgan fingerprint density at radius 3 is 3.08 bits per heavy atom. The second kappa shape index (κ2) is 3.49. The van der Waals surface area contributed by atoms with Crippen molar-refractivity contribution in [3.05, 3.63) is 29.8 Å². The summed E-state index contributed by atoms with van der Waals surface area (Å²) in [6.07, 6.45) is 3.00. The van der Waals surface area contributed by atoms with Crippen molar-refractivity contribution in [2.45, 2.75) is 19.2 Å². The summed E-state index contributed by atoms with van der Waals surface area (Å²) in [5.74, 6) is 6.27. The van der Waals surface area contributed by atoms with Crippen molar-refractivity contribution in [3.63, 3.8) is 0 Å². The van der Waals surface area contributed by atoms with Crippen molar-refractivity contribution < 1.29 is 0 Å². The van der Waals surface area contributed by atoms with Crippen LogP contribution in [0.4, 0.5) is 0 Å². The van der Waals surface area contributed by atoms with Crippen LogP contribution in [0.5, 0.6) is 0 Å². The van der Waals surface area contributed by atoms with Gasteiger partial charge in [-0.25, -0.2) is 0 Å². The van der Waals surface area contributed by atoms with Crippen molar-refractivity contribution in [3.8, 4) is 11.8 Å². The molecule has 0 fully saturated rings.